The first-order valence-corrected chi connectivity index (χ1v) is 5.65. The summed E-state index contributed by atoms with van der Waals surface area (Å²) < 4.78 is 7.43. The van der Waals surface area contributed by atoms with Gasteiger partial charge in [-0.15, -0.1) is 0 Å². The van der Waals surface area contributed by atoms with Crippen LogP contribution in [0, 0.1) is 0 Å². The van der Waals surface area contributed by atoms with E-state index in [0.29, 0.717) is 0 Å². The zero-order valence-corrected chi connectivity index (χ0v) is 9.31. The minimum Gasteiger partial charge on any atom is -0.497 e. The zero-order valence-electron chi connectivity index (χ0n) is 9.31. The summed E-state index contributed by atoms with van der Waals surface area (Å²) in [5.41, 5.74) is 2.20. The molecule has 3 nitrogen and oxygen atoms in total. The average Bonchev–Trinajstić information content (AvgIpc) is 2.68. The van der Waals surface area contributed by atoms with Crippen LogP contribution in [0.1, 0.15) is 24.6 Å². The SMILES string of the molecule is COc1ccc2cc3n(c2c1)CCCC3O. The standard InChI is InChI=1S/C13H15NO2/c1-16-10-5-4-9-7-12-13(15)3-2-6-14(12)11(9)8-10/h4-5,7-8,13,15H,2-3,6H2,1H3. The van der Waals surface area contributed by atoms with Gasteiger partial charge in [0.2, 0.25) is 0 Å². The third kappa shape index (κ3) is 1.32. The molecule has 1 aliphatic rings. The first kappa shape index (κ1) is 9.73. The predicted octanol–water partition coefficient (Wildman–Crippen LogP) is 2.48. The second kappa shape index (κ2) is 3.52. The van der Waals surface area contributed by atoms with E-state index in [9.17, 15) is 5.11 Å². The Kier molecular flexibility index (Phi) is 2.14. The number of aliphatic hydroxyl groups excluding tert-OH is 1. The van der Waals surface area contributed by atoms with Gasteiger partial charge in [-0.3, -0.25) is 0 Å². The average molecular weight is 217 g/mol. The summed E-state index contributed by atoms with van der Waals surface area (Å²) in [6.07, 6.45) is 1.59. The lowest BCUT2D eigenvalue weighted by Crippen LogP contribution is -2.14. The molecule has 2 aromatic rings. The van der Waals surface area contributed by atoms with Crippen LogP contribution in [-0.2, 0) is 6.54 Å². The van der Waals surface area contributed by atoms with Gasteiger partial charge in [-0.1, -0.05) is 0 Å². The van der Waals surface area contributed by atoms with E-state index in [1.165, 1.54) is 5.39 Å². The fraction of sp³-hybridized carbons (Fsp3) is 0.385. The van der Waals surface area contributed by atoms with Gasteiger partial charge in [-0.05, 0) is 31.0 Å². The summed E-state index contributed by atoms with van der Waals surface area (Å²) >= 11 is 0. The fourth-order valence-electron chi connectivity index (χ4n) is 2.50. The quantitative estimate of drug-likeness (QED) is 0.796. The first-order chi connectivity index (χ1) is 7.79. The molecule has 1 aromatic heterocycles. The van der Waals surface area contributed by atoms with Crippen LogP contribution in [-0.4, -0.2) is 16.8 Å². The number of aliphatic hydroxyl groups is 1. The van der Waals surface area contributed by atoms with Crippen molar-refractivity contribution >= 4 is 10.9 Å². The molecular weight excluding hydrogens is 202 g/mol. The molecule has 0 bridgehead atoms. The number of methoxy groups -OCH3 is 1. The van der Waals surface area contributed by atoms with Gasteiger partial charge >= 0.3 is 0 Å². The topological polar surface area (TPSA) is 34.4 Å². The molecule has 84 valence electrons. The number of hydrogen-bond donors (Lipinski definition) is 1. The Morgan fingerprint density at radius 3 is 3.06 bits per heavy atom. The molecular formula is C13H15NO2. The summed E-state index contributed by atoms with van der Waals surface area (Å²) in [7, 11) is 1.68. The second-order valence-corrected chi connectivity index (χ2v) is 4.30. The van der Waals surface area contributed by atoms with Gasteiger partial charge in [0.15, 0.2) is 0 Å². The molecule has 2 heterocycles. The molecule has 1 N–H and O–H groups in total. The smallest absolute Gasteiger partial charge is 0.120 e. The maximum atomic E-state index is 9.94. The van der Waals surface area contributed by atoms with Gasteiger partial charge in [0.25, 0.3) is 0 Å². The highest BCUT2D eigenvalue weighted by Gasteiger charge is 2.20. The Morgan fingerprint density at radius 1 is 1.38 bits per heavy atom. The molecule has 16 heavy (non-hydrogen) atoms. The van der Waals surface area contributed by atoms with Crippen molar-refractivity contribution in [1.29, 1.82) is 0 Å². The number of benzene rings is 1. The highest BCUT2D eigenvalue weighted by atomic mass is 16.5. The third-order valence-corrected chi connectivity index (χ3v) is 3.34. The molecule has 0 fully saturated rings. The lowest BCUT2D eigenvalue weighted by atomic mass is 10.1. The van der Waals surface area contributed by atoms with Gasteiger partial charge in [0, 0.05) is 23.7 Å². The Morgan fingerprint density at radius 2 is 2.25 bits per heavy atom. The number of aryl methyl sites for hydroxylation is 1. The van der Waals surface area contributed by atoms with E-state index in [4.69, 9.17) is 4.74 Å². The molecule has 0 radical (unpaired) electrons. The molecule has 3 rings (SSSR count). The Hall–Kier alpha value is -1.48. The lowest BCUT2D eigenvalue weighted by Gasteiger charge is -2.21. The van der Waals surface area contributed by atoms with Crippen molar-refractivity contribution in [1.82, 2.24) is 4.57 Å². The lowest BCUT2D eigenvalue weighted by molar-refractivity contribution is 0.140. The fourth-order valence-corrected chi connectivity index (χ4v) is 2.50. The maximum absolute atomic E-state index is 9.94. The number of fused-ring (bicyclic) bond motifs is 3. The van der Waals surface area contributed by atoms with Gasteiger partial charge in [0.1, 0.15) is 5.75 Å². The zero-order chi connectivity index (χ0) is 11.1. The van der Waals surface area contributed by atoms with Gasteiger partial charge in [0.05, 0.1) is 18.7 Å². The molecule has 0 amide bonds. The van der Waals surface area contributed by atoms with Crippen molar-refractivity contribution in [3.05, 3.63) is 30.0 Å². The molecule has 3 heteroatoms. The number of aromatic nitrogens is 1. The van der Waals surface area contributed by atoms with Crippen molar-refractivity contribution < 1.29 is 9.84 Å². The van der Waals surface area contributed by atoms with Crippen LogP contribution in [0.2, 0.25) is 0 Å². The first-order valence-electron chi connectivity index (χ1n) is 5.65. The molecule has 1 unspecified atom stereocenters. The van der Waals surface area contributed by atoms with E-state index in [0.717, 1.165) is 36.3 Å². The van der Waals surface area contributed by atoms with Gasteiger partial charge in [-0.2, -0.15) is 0 Å². The highest BCUT2D eigenvalue weighted by molar-refractivity contribution is 5.83. The van der Waals surface area contributed by atoms with Crippen LogP contribution in [0.5, 0.6) is 5.75 Å². The summed E-state index contributed by atoms with van der Waals surface area (Å²) in [6, 6.07) is 8.13. The number of rotatable bonds is 1. The van der Waals surface area contributed by atoms with Crippen molar-refractivity contribution in [2.45, 2.75) is 25.5 Å². The number of hydrogen-bond acceptors (Lipinski definition) is 2. The predicted molar refractivity (Wildman–Crippen MR) is 62.7 cm³/mol. The van der Waals surface area contributed by atoms with Crippen LogP contribution >= 0.6 is 0 Å². The van der Waals surface area contributed by atoms with Crippen molar-refractivity contribution in [3.63, 3.8) is 0 Å². The molecule has 1 atom stereocenters. The van der Waals surface area contributed by atoms with Crippen molar-refractivity contribution in [2.24, 2.45) is 0 Å². The van der Waals surface area contributed by atoms with Crippen LogP contribution < -0.4 is 4.74 Å². The molecule has 0 aliphatic carbocycles. The van der Waals surface area contributed by atoms with Crippen LogP contribution in [0.25, 0.3) is 10.9 Å². The highest BCUT2D eigenvalue weighted by Crippen LogP contribution is 2.32. The van der Waals surface area contributed by atoms with Crippen molar-refractivity contribution in [2.75, 3.05) is 7.11 Å². The van der Waals surface area contributed by atoms with Crippen LogP contribution in [0.3, 0.4) is 0 Å². The van der Waals surface area contributed by atoms with E-state index < -0.39 is 0 Å². The minimum atomic E-state index is -0.313. The van der Waals surface area contributed by atoms with E-state index >= 15 is 0 Å². The Labute approximate surface area is 94.3 Å². The monoisotopic (exact) mass is 217 g/mol. The number of nitrogens with zero attached hydrogens (tertiary/aromatic N) is 1. The Bertz CT molecular complexity index is 530. The maximum Gasteiger partial charge on any atom is 0.120 e. The summed E-state index contributed by atoms with van der Waals surface area (Å²) in [5.74, 6) is 0.869. The summed E-state index contributed by atoms with van der Waals surface area (Å²) in [5, 5.41) is 11.1. The van der Waals surface area contributed by atoms with E-state index in [1.807, 2.05) is 18.2 Å². The van der Waals surface area contributed by atoms with Gasteiger partial charge in [-0.25, -0.2) is 0 Å². The number of ether oxygens (including phenoxy) is 1. The van der Waals surface area contributed by atoms with Crippen LogP contribution in [0.15, 0.2) is 24.3 Å². The molecule has 1 aromatic carbocycles. The molecule has 0 saturated heterocycles. The van der Waals surface area contributed by atoms with E-state index in [-0.39, 0.29) is 6.10 Å². The summed E-state index contributed by atoms with van der Waals surface area (Å²) in [6.45, 7) is 0.989. The second-order valence-electron chi connectivity index (χ2n) is 4.30. The van der Waals surface area contributed by atoms with E-state index in [1.54, 1.807) is 7.11 Å². The minimum absolute atomic E-state index is 0.313. The van der Waals surface area contributed by atoms with E-state index in [2.05, 4.69) is 10.6 Å². The molecule has 0 spiro atoms. The third-order valence-electron chi connectivity index (χ3n) is 3.34. The Balaban J connectivity index is 2.25. The van der Waals surface area contributed by atoms with Crippen molar-refractivity contribution in [3.8, 4) is 5.75 Å². The molecule has 1 aliphatic heterocycles. The normalized spacial score (nSPS) is 19.8. The molecule has 0 saturated carbocycles. The van der Waals surface area contributed by atoms with Crippen LogP contribution in [0.4, 0.5) is 0 Å². The summed E-state index contributed by atoms with van der Waals surface area (Å²) in [4.78, 5) is 0. The van der Waals surface area contributed by atoms with Gasteiger partial charge < -0.3 is 14.4 Å². The largest absolute Gasteiger partial charge is 0.497 e.